The second-order valence-corrected chi connectivity index (χ2v) is 4.18. The van der Waals surface area contributed by atoms with Crippen LogP contribution in [0.5, 0.6) is 5.75 Å². The van der Waals surface area contributed by atoms with E-state index in [2.05, 4.69) is 5.32 Å². The molecule has 0 spiro atoms. The molecular weight excluding hydrogens is 252 g/mol. The van der Waals surface area contributed by atoms with E-state index < -0.39 is 6.10 Å². The zero-order valence-corrected chi connectivity index (χ0v) is 11.1. The van der Waals surface area contributed by atoms with Crippen LogP contribution >= 0.6 is 11.6 Å². The number of carbonyl (C=O) groups excluding carboxylic acids is 1. The molecule has 0 saturated heterocycles. The van der Waals surface area contributed by atoms with Gasteiger partial charge in [-0.2, -0.15) is 5.26 Å². The lowest BCUT2D eigenvalue weighted by atomic mass is 10.2. The van der Waals surface area contributed by atoms with Crippen LogP contribution in [0.4, 0.5) is 0 Å². The summed E-state index contributed by atoms with van der Waals surface area (Å²) in [5.41, 5.74) is 0.245. The second kappa shape index (κ2) is 6.87. The van der Waals surface area contributed by atoms with Crippen LogP contribution in [0.25, 0.3) is 0 Å². The summed E-state index contributed by atoms with van der Waals surface area (Å²) in [5, 5.41) is 12.0. The van der Waals surface area contributed by atoms with Gasteiger partial charge in [0.2, 0.25) is 0 Å². The highest BCUT2D eigenvalue weighted by molar-refractivity contribution is 6.31. The van der Waals surface area contributed by atoms with Crippen LogP contribution in [-0.4, -0.2) is 18.6 Å². The molecule has 1 rings (SSSR count). The number of nitrogens with one attached hydrogen (secondary N) is 1. The number of benzene rings is 1. The Morgan fingerprint density at radius 3 is 2.94 bits per heavy atom. The molecule has 1 aromatic rings. The van der Waals surface area contributed by atoms with Crippen LogP contribution in [0.2, 0.25) is 5.02 Å². The highest BCUT2D eigenvalue weighted by atomic mass is 35.5. The average molecular weight is 267 g/mol. The molecule has 0 saturated carbocycles. The van der Waals surface area contributed by atoms with Gasteiger partial charge in [0.1, 0.15) is 17.4 Å². The molecule has 96 valence electrons. The fourth-order valence-electron chi connectivity index (χ4n) is 1.35. The first-order chi connectivity index (χ1) is 8.60. The third kappa shape index (κ3) is 3.64. The van der Waals surface area contributed by atoms with Crippen molar-refractivity contribution in [3.05, 3.63) is 28.8 Å². The van der Waals surface area contributed by atoms with Crippen LogP contribution < -0.4 is 10.1 Å². The van der Waals surface area contributed by atoms with E-state index in [-0.39, 0.29) is 11.5 Å². The number of halogens is 1. The lowest BCUT2D eigenvalue weighted by molar-refractivity contribution is -0.127. The number of ether oxygens (including phenoxy) is 1. The van der Waals surface area contributed by atoms with Crippen molar-refractivity contribution in [2.24, 2.45) is 0 Å². The van der Waals surface area contributed by atoms with Gasteiger partial charge in [0.25, 0.3) is 5.91 Å². The van der Waals surface area contributed by atoms with Crippen LogP contribution in [0.1, 0.15) is 25.8 Å². The van der Waals surface area contributed by atoms with E-state index in [1.54, 1.807) is 25.1 Å². The molecule has 1 unspecified atom stereocenters. The highest BCUT2D eigenvalue weighted by Crippen LogP contribution is 2.26. The molecule has 0 aliphatic heterocycles. The normalized spacial score (nSPS) is 11.4. The van der Waals surface area contributed by atoms with Gasteiger partial charge in [-0.15, -0.1) is 0 Å². The second-order valence-electron chi connectivity index (χ2n) is 3.78. The Balaban J connectivity index is 2.76. The molecule has 0 fully saturated rings. The van der Waals surface area contributed by atoms with E-state index in [0.717, 1.165) is 6.42 Å². The Bertz CT molecular complexity index is 469. The first-order valence-electron chi connectivity index (χ1n) is 5.73. The van der Waals surface area contributed by atoms with Gasteiger partial charge in [0.15, 0.2) is 6.10 Å². The summed E-state index contributed by atoms with van der Waals surface area (Å²) in [7, 11) is 0. The summed E-state index contributed by atoms with van der Waals surface area (Å²) in [6.07, 6.45) is 0.195. The SMILES string of the molecule is CCCNC(=O)C(C)Oc1cccc(Cl)c1C#N. The number of nitriles is 1. The van der Waals surface area contributed by atoms with Crippen LogP contribution in [0, 0.1) is 11.3 Å². The topological polar surface area (TPSA) is 62.1 Å². The van der Waals surface area contributed by atoms with Crippen molar-refractivity contribution < 1.29 is 9.53 Å². The molecule has 0 heterocycles. The smallest absolute Gasteiger partial charge is 0.260 e. The minimum Gasteiger partial charge on any atom is -0.479 e. The van der Waals surface area contributed by atoms with Crippen LogP contribution in [0.15, 0.2) is 18.2 Å². The lowest BCUT2D eigenvalue weighted by Crippen LogP contribution is -2.36. The first kappa shape index (κ1) is 14.3. The molecule has 0 aromatic heterocycles. The summed E-state index contributed by atoms with van der Waals surface area (Å²) >= 11 is 5.87. The fraction of sp³-hybridized carbons (Fsp3) is 0.385. The molecule has 0 aliphatic carbocycles. The fourth-order valence-corrected chi connectivity index (χ4v) is 1.56. The highest BCUT2D eigenvalue weighted by Gasteiger charge is 2.16. The molecule has 0 radical (unpaired) electrons. The summed E-state index contributed by atoms with van der Waals surface area (Å²) in [5.74, 6) is 0.116. The van der Waals surface area contributed by atoms with E-state index in [0.29, 0.717) is 17.3 Å². The minimum absolute atomic E-state index is 0.208. The molecule has 1 atom stereocenters. The summed E-state index contributed by atoms with van der Waals surface area (Å²) in [4.78, 5) is 11.6. The molecule has 0 aliphatic rings. The molecule has 1 amide bonds. The maximum absolute atomic E-state index is 11.6. The lowest BCUT2D eigenvalue weighted by Gasteiger charge is -2.15. The third-order valence-electron chi connectivity index (χ3n) is 2.31. The predicted octanol–water partition coefficient (Wildman–Crippen LogP) is 2.51. The van der Waals surface area contributed by atoms with Crippen molar-refractivity contribution in [2.75, 3.05) is 6.54 Å². The largest absolute Gasteiger partial charge is 0.479 e. The molecule has 5 heteroatoms. The maximum Gasteiger partial charge on any atom is 0.260 e. The summed E-state index contributed by atoms with van der Waals surface area (Å²) < 4.78 is 5.46. The van der Waals surface area contributed by atoms with Gasteiger partial charge < -0.3 is 10.1 Å². The van der Waals surface area contributed by atoms with E-state index in [1.807, 2.05) is 13.0 Å². The summed E-state index contributed by atoms with van der Waals surface area (Å²) in [6.45, 7) is 4.21. The molecule has 4 nitrogen and oxygen atoms in total. The van der Waals surface area contributed by atoms with Crippen molar-refractivity contribution in [3.63, 3.8) is 0 Å². The number of hydrogen-bond donors (Lipinski definition) is 1. The quantitative estimate of drug-likeness (QED) is 0.891. The van der Waals surface area contributed by atoms with Gasteiger partial charge in [0, 0.05) is 6.54 Å². The number of nitrogens with zero attached hydrogens (tertiary/aromatic N) is 1. The van der Waals surface area contributed by atoms with Crippen molar-refractivity contribution in [3.8, 4) is 11.8 Å². The Kier molecular flexibility index (Phi) is 5.47. The summed E-state index contributed by atoms with van der Waals surface area (Å²) in [6, 6.07) is 6.86. The van der Waals surface area contributed by atoms with Crippen LogP contribution in [0.3, 0.4) is 0 Å². The van der Waals surface area contributed by atoms with Gasteiger partial charge in [-0.1, -0.05) is 24.6 Å². The van der Waals surface area contributed by atoms with Crippen molar-refractivity contribution in [2.45, 2.75) is 26.4 Å². The number of rotatable bonds is 5. The van der Waals surface area contributed by atoms with Gasteiger partial charge >= 0.3 is 0 Å². The maximum atomic E-state index is 11.6. The standard InChI is InChI=1S/C13H15ClN2O2/c1-3-7-16-13(17)9(2)18-12-6-4-5-11(14)10(12)8-15/h4-6,9H,3,7H2,1-2H3,(H,16,17). The molecule has 1 aromatic carbocycles. The van der Waals surface area contributed by atoms with E-state index >= 15 is 0 Å². The first-order valence-corrected chi connectivity index (χ1v) is 6.11. The van der Waals surface area contributed by atoms with Crippen molar-refractivity contribution >= 4 is 17.5 Å². The molecule has 1 N–H and O–H groups in total. The van der Waals surface area contributed by atoms with E-state index in [4.69, 9.17) is 21.6 Å². The zero-order valence-electron chi connectivity index (χ0n) is 10.4. The van der Waals surface area contributed by atoms with Crippen molar-refractivity contribution in [1.29, 1.82) is 5.26 Å². The number of hydrogen-bond acceptors (Lipinski definition) is 3. The molecular formula is C13H15ClN2O2. The predicted molar refractivity (Wildman–Crippen MR) is 69.6 cm³/mol. The average Bonchev–Trinajstić information content (AvgIpc) is 2.36. The van der Waals surface area contributed by atoms with Gasteiger partial charge in [0.05, 0.1) is 5.02 Å². The van der Waals surface area contributed by atoms with E-state index in [1.165, 1.54) is 0 Å². The van der Waals surface area contributed by atoms with E-state index in [9.17, 15) is 4.79 Å². The third-order valence-corrected chi connectivity index (χ3v) is 2.62. The van der Waals surface area contributed by atoms with Crippen LogP contribution in [-0.2, 0) is 4.79 Å². The van der Waals surface area contributed by atoms with Gasteiger partial charge in [-0.05, 0) is 25.5 Å². The monoisotopic (exact) mass is 266 g/mol. The Morgan fingerprint density at radius 1 is 1.61 bits per heavy atom. The minimum atomic E-state index is -0.665. The van der Waals surface area contributed by atoms with Gasteiger partial charge in [-0.25, -0.2) is 0 Å². The molecule has 0 bridgehead atoms. The van der Waals surface area contributed by atoms with Crippen molar-refractivity contribution in [1.82, 2.24) is 5.32 Å². The Hall–Kier alpha value is -1.73. The number of carbonyl (C=O) groups is 1. The zero-order chi connectivity index (χ0) is 13.5. The number of amides is 1. The Morgan fingerprint density at radius 2 is 2.33 bits per heavy atom. The Labute approximate surface area is 112 Å². The molecule has 18 heavy (non-hydrogen) atoms. The van der Waals surface area contributed by atoms with Gasteiger partial charge in [-0.3, -0.25) is 4.79 Å².